The number of rotatable bonds is 9. The number of nitrogens with zero attached hydrogens (tertiary/aromatic N) is 2. The Hall–Kier alpha value is -3.19. The van der Waals surface area contributed by atoms with Crippen LogP contribution in [-0.2, 0) is 11.3 Å². The molecule has 1 aliphatic heterocycles. The number of hydrogen-bond acceptors (Lipinski definition) is 5. The molecule has 3 aromatic rings. The smallest absolute Gasteiger partial charge is 0.411 e. The lowest BCUT2D eigenvalue weighted by Crippen LogP contribution is -2.31. The van der Waals surface area contributed by atoms with Crippen LogP contribution >= 0.6 is 0 Å². The molecule has 3 N–H and O–H groups in total. The van der Waals surface area contributed by atoms with Crippen LogP contribution in [0.15, 0.2) is 42.5 Å². The van der Waals surface area contributed by atoms with Crippen molar-refractivity contribution in [1.82, 2.24) is 9.47 Å². The summed E-state index contributed by atoms with van der Waals surface area (Å²) < 4.78 is 13.3. The summed E-state index contributed by atoms with van der Waals surface area (Å²) >= 11 is 0. The molecule has 1 fully saturated rings. The molecule has 0 atom stereocenters. The van der Waals surface area contributed by atoms with Gasteiger partial charge in [0.25, 0.3) is 0 Å². The van der Waals surface area contributed by atoms with E-state index in [1.807, 2.05) is 30.3 Å². The Labute approximate surface area is 201 Å². The lowest BCUT2D eigenvalue weighted by atomic mass is 10.1. The Morgan fingerprint density at radius 3 is 2.53 bits per heavy atom. The molecule has 2 heterocycles. The number of carbonyl (C=O) groups is 1. The zero-order valence-corrected chi connectivity index (χ0v) is 20.3. The molecule has 1 aliphatic rings. The number of likely N-dealkylation sites (tertiary alicyclic amines) is 1. The van der Waals surface area contributed by atoms with Crippen molar-refractivity contribution < 1.29 is 14.3 Å². The van der Waals surface area contributed by atoms with Gasteiger partial charge in [0.2, 0.25) is 0 Å². The fourth-order valence-electron chi connectivity index (χ4n) is 4.74. The van der Waals surface area contributed by atoms with Crippen LogP contribution < -0.4 is 15.8 Å². The van der Waals surface area contributed by atoms with Crippen LogP contribution in [0.1, 0.15) is 39.5 Å². The molecule has 0 saturated carbocycles. The van der Waals surface area contributed by atoms with Crippen molar-refractivity contribution in [2.75, 3.05) is 43.9 Å². The van der Waals surface area contributed by atoms with Gasteiger partial charge < -0.3 is 24.7 Å². The SMILES string of the molecule is CCOC(=O)Nc1ccc(-c2c(N)c3ccc(OCCCN4CCCCC4)cc3n2CC)cc1. The average molecular weight is 465 g/mol. The fourth-order valence-corrected chi connectivity index (χ4v) is 4.74. The van der Waals surface area contributed by atoms with Gasteiger partial charge in [-0.3, -0.25) is 5.32 Å². The third-order valence-corrected chi connectivity index (χ3v) is 6.41. The predicted octanol–water partition coefficient (Wildman–Crippen LogP) is 5.73. The normalized spacial score (nSPS) is 14.3. The highest BCUT2D eigenvalue weighted by atomic mass is 16.5. The lowest BCUT2D eigenvalue weighted by Gasteiger charge is -2.26. The number of nitrogens with two attached hydrogens (primary N) is 1. The summed E-state index contributed by atoms with van der Waals surface area (Å²) in [7, 11) is 0. The quantitative estimate of drug-likeness (QED) is 0.395. The van der Waals surface area contributed by atoms with Gasteiger partial charge in [-0.1, -0.05) is 18.6 Å². The number of ether oxygens (including phenoxy) is 2. The van der Waals surface area contributed by atoms with E-state index in [2.05, 4.69) is 33.8 Å². The second-order valence-electron chi connectivity index (χ2n) is 8.71. The minimum absolute atomic E-state index is 0.335. The van der Waals surface area contributed by atoms with Crippen molar-refractivity contribution in [1.29, 1.82) is 0 Å². The first-order chi connectivity index (χ1) is 16.6. The monoisotopic (exact) mass is 464 g/mol. The summed E-state index contributed by atoms with van der Waals surface area (Å²) in [5.74, 6) is 0.874. The summed E-state index contributed by atoms with van der Waals surface area (Å²) in [5.41, 5.74) is 11.1. The van der Waals surface area contributed by atoms with E-state index in [4.69, 9.17) is 15.2 Å². The summed E-state index contributed by atoms with van der Waals surface area (Å²) in [6, 6.07) is 13.8. The molecule has 0 bridgehead atoms. The molecule has 1 aromatic heterocycles. The molecule has 7 heteroatoms. The zero-order chi connectivity index (χ0) is 23.9. The highest BCUT2D eigenvalue weighted by Crippen LogP contribution is 2.38. The van der Waals surface area contributed by atoms with Crippen molar-refractivity contribution in [3.05, 3.63) is 42.5 Å². The molecule has 34 heavy (non-hydrogen) atoms. The average Bonchev–Trinajstić information content (AvgIpc) is 3.14. The number of fused-ring (bicyclic) bond motifs is 1. The summed E-state index contributed by atoms with van der Waals surface area (Å²) in [6.07, 6.45) is 4.58. The van der Waals surface area contributed by atoms with E-state index in [0.717, 1.165) is 53.1 Å². The lowest BCUT2D eigenvalue weighted by molar-refractivity contribution is 0.168. The highest BCUT2D eigenvalue weighted by Gasteiger charge is 2.17. The van der Waals surface area contributed by atoms with E-state index < -0.39 is 6.09 Å². The molecule has 1 saturated heterocycles. The number of amides is 1. The number of aryl methyl sites for hydroxylation is 1. The Bertz CT molecular complexity index is 1100. The number of piperidine rings is 1. The molecule has 4 rings (SSSR count). The number of carbonyl (C=O) groups excluding carboxylic acids is 1. The van der Waals surface area contributed by atoms with Crippen LogP contribution in [0.5, 0.6) is 5.75 Å². The van der Waals surface area contributed by atoms with Gasteiger partial charge in [0.1, 0.15) is 5.75 Å². The molecular formula is C27H36N4O3. The topological polar surface area (TPSA) is 81.8 Å². The number of hydrogen-bond donors (Lipinski definition) is 2. The third-order valence-electron chi connectivity index (χ3n) is 6.41. The molecule has 0 radical (unpaired) electrons. The maximum absolute atomic E-state index is 11.7. The van der Waals surface area contributed by atoms with E-state index in [1.165, 1.54) is 32.4 Å². The number of nitrogens with one attached hydrogen (secondary N) is 1. The standard InChI is InChI=1S/C27H36N4O3/c1-3-31-24-19-22(34-18-8-17-30-15-6-5-7-16-30)13-14-23(24)25(28)26(31)20-9-11-21(12-10-20)29-27(32)33-4-2/h9-14,19H,3-8,15-18,28H2,1-2H3,(H,29,32). The first-order valence-corrected chi connectivity index (χ1v) is 12.4. The molecule has 0 unspecified atom stereocenters. The second kappa shape index (κ2) is 11.3. The zero-order valence-electron chi connectivity index (χ0n) is 20.3. The summed E-state index contributed by atoms with van der Waals surface area (Å²) in [6.45, 7) is 9.27. The number of anilines is 2. The maximum Gasteiger partial charge on any atom is 0.411 e. The first-order valence-electron chi connectivity index (χ1n) is 12.4. The number of aromatic nitrogens is 1. The van der Waals surface area contributed by atoms with Gasteiger partial charge in [-0.15, -0.1) is 0 Å². The predicted molar refractivity (Wildman–Crippen MR) is 139 cm³/mol. The number of nitrogen functional groups attached to an aromatic ring is 1. The van der Waals surface area contributed by atoms with Crippen molar-refractivity contribution >= 4 is 28.4 Å². The molecule has 1 amide bonds. The summed E-state index contributed by atoms with van der Waals surface area (Å²) in [4.78, 5) is 14.2. The Balaban J connectivity index is 1.48. The van der Waals surface area contributed by atoms with Crippen LogP contribution in [-0.4, -0.2) is 48.4 Å². The van der Waals surface area contributed by atoms with Gasteiger partial charge in [-0.05, 0) is 70.5 Å². The van der Waals surface area contributed by atoms with Crippen LogP contribution in [0, 0.1) is 0 Å². The van der Waals surface area contributed by atoms with Gasteiger partial charge in [0, 0.05) is 35.8 Å². The molecule has 0 aliphatic carbocycles. The summed E-state index contributed by atoms with van der Waals surface area (Å²) in [5, 5.41) is 3.74. The Morgan fingerprint density at radius 2 is 1.82 bits per heavy atom. The van der Waals surface area contributed by atoms with Crippen LogP contribution in [0.2, 0.25) is 0 Å². The van der Waals surface area contributed by atoms with Gasteiger partial charge >= 0.3 is 6.09 Å². The van der Waals surface area contributed by atoms with Gasteiger partial charge in [-0.2, -0.15) is 0 Å². The van der Waals surface area contributed by atoms with Crippen molar-refractivity contribution in [2.24, 2.45) is 0 Å². The van der Waals surface area contributed by atoms with E-state index >= 15 is 0 Å². The molecule has 0 spiro atoms. The maximum atomic E-state index is 11.7. The van der Waals surface area contributed by atoms with Crippen molar-refractivity contribution in [3.8, 4) is 17.0 Å². The highest BCUT2D eigenvalue weighted by molar-refractivity contribution is 6.01. The largest absolute Gasteiger partial charge is 0.493 e. The van der Waals surface area contributed by atoms with Crippen molar-refractivity contribution in [3.63, 3.8) is 0 Å². The van der Waals surface area contributed by atoms with Crippen molar-refractivity contribution in [2.45, 2.75) is 46.1 Å². The van der Waals surface area contributed by atoms with Gasteiger partial charge in [-0.25, -0.2) is 4.79 Å². The third kappa shape index (κ3) is 5.47. The fraction of sp³-hybridized carbons (Fsp3) is 0.444. The second-order valence-corrected chi connectivity index (χ2v) is 8.71. The van der Waals surface area contributed by atoms with E-state index in [-0.39, 0.29) is 0 Å². The van der Waals surface area contributed by atoms with E-state index in [1.54, 1.807) is 6.92 Å². The van der Waals surface area contributed by atoms with E-state index in [9.17, 15) is 4.79 Å². The number of benzene rings is 2. The molecular weight excluding hydrogens is 428 g/mol. The Morgan fingerprint density at radius 1 is 1.06 bits per heavy atom. The van der Waals surface area contributed by atoms with Gasteiger partial charge in [0.15, 0.2) is 0 Å². The van der Waals surface area contributed by atoms with Gasteiger partial charge in [0.05, 0.1) is 30.1 Å². The molecule has 7 nitrogen and oxygen atoms in total. The van der Waals surface area contributed by atoms with Crippen LogP contribution in [0.4, 0.5) is 16.2 Å². The Kier molecular flexibility index (Phi) is 7.95. The first kappa shape index (κ1) is 24.0. The minimum Gasteiger partial charge on any atom is -0.493 e. The minimum atomic E-state index is -0.458. The molecule has 2 aromatic carbocycles. The van der Waals surface area contributed by atoms with E-state index in [0.29, 0.717) is 18.9 Å². The molecule has 182 valence electrons. The van der Waals surface area contributed by atoms with Crippen LogP contribution in [0.25, 0.3) is 22.2 Å². The van der Waals surface area contributed by atoms with Crippen LogP contribution in [0.3, 0.4) is 0 Å².